The van der Waals surface area contributed by atoms with Crippen molar-refractivity contribution < 1.29 is 4.74 Å². The zero-order valence-corrected chi connectivity index (χ0v) is 13.6. The van der Waals surface area contributed by atoms with E-state index in [1.807, 2.05) is 10.6 Å². The minimum absolute atomic E-state index is 0.300. The average molecular weight is 344 g/mol. The summed E-state index contributed by atoms with van der Waals surface area (Å²) in [4.78, 5) is 7.60. The van der Waals surface area contributed by atoms with E-state index in [0.29, 0.717) is 6.10 Å². The molecule has 0 saturated carbocycles. The Morgan fingerprint density at radius 3 is 3.00 bits per heavy atom. The van der Waals surface area contributed by atoms with Crippen LogP contribution in [0.15, 0.2) is 16.7 Å². The number of aromatic nitrogens is 3. The second kappa shape index (κ2) is 6.63. The van der Waals surface area contributed by atoms with Crippen LogP contribution in [0, 0.1) is 4.77 Å². The van der Waals surface area contributed by atoms with Gasteiger partial charge in [-0.05, 0) is 60.9 Å². The Balaban J connectivity index is 2.00. The molecule has 104 valence electrons. The van der Waals surface area contributed by atoms with Crippen molar-refractivity contribution in [2.75, 3.05) is 6.61 Å². The molecule has 4 nitrogen and oxygen atoms in total. The van der Waals surface area contributed by atoms with E-state index < -0.39 is 0 Å². The highest BCUT2D eigenvalue weighted by atomic mass is 79.9. The van der Waals surface area contributed by atoms with Gasteiger partial charge in [0.15, 0.2) is 10.4 Å². The molecule has 1 N–H and O–H groups in total. The van der Waals surface area contributed by atoms with Gasteiger partial charge >= 0.3 is 0 Å². The number of unbranched alkanes of at least 4 members (excludes halogenated alkanes) is 1. The normalized spacial score (nSPS) is 11.6. The highest BCUT2D eigenvalue weighted by Gasteiger charge is 2.06. The highest BCUT2D eigenvalue weighted by Crippen LogP contribution is 2.17. The van der Waals surface area contributed by atoms with Gasteiger partial charge in [-0.3, -0.25) is 0 Å². The summed E-state index contributed by atoms with van der Waals surface area (Å²) in [7, 11) is 0. The molecule has 0 amide bonds. The Kier molecular flexibility index (Phi) is 5.13. The molecule has 0 atom stereocenters. The van der Waals surface area contributed by atoms with Gasteiger partial charge < -0.3 is 14.3 Å². The van der Waals surface area contributed by atoms with E-state index >= 15 is 0 Å². The van der Waals surface area contributed by atoms with Crippen LogP contribution in [0.3, 0.4) is 0 Å². The minimum atomic E-state index is 0.300. The molecular weight excluding hydrogens is 326 g/mol. The third-order valence-corrected chi connectivity index (χ3v) is 3.56. The van der Waals surface area contributed by atoms with E-state index in [0.717, 1.165) is 46.4 Å². The summed E-state index contributed by atoms with van der Waals surface area (Å²) in [5, 5.41) is 0. The third kappa shape index (κ3) is 3.87. The number of hydrogen-bond acceptors (Lipinski definition) is 3. The Hall–Kier alpha value is -0.720. The number of pyridine rings is 1. The number of nitrogens with zero attached hydrogens (tertiary/aromatic N) is 2. The molecule has 0 aliphatic carbocycles. The molecule has 2 aromatic rings. The fourth-order valence-corrected chi connectivity index (χ4v) is 2.54. The lowest BCUT2D eigenvalue weighted by molar-refractivity contribution is 0.0754. The van der Waals surface area contributed by atoms with Crippen LogP contribution >= 0.6 is 28.1 Å². The van der Waals surface area contributed by atoms with Gasteiger partial charge in [-0.1, -0.05) is 0 Å². The van der Waals surface area contributed by atoms with E-state index in [1.165, 1.54) is 0 Å². The molecule has 0 saturated heterocycles. The second-order valence-corrected chi connectivity index (χ2v) is 6.04. The van der Waals surface area contributed by atoms with Crippen LogP contribution in [0.5, 0.6) is 0 Å². The van der Waals surface area contributed by atoms with Crippen LogP contribution in [0.25, 0.3) is 11.2 Å². The fourth-order valence-electron chi connectivity index (χ4n) is 1.92. The maximum atomic E-state index is 5.53. The predicted molar refractivity (Wildman–Crippen MR) is 82.9 cm³/mol. The molecule has 0 aliphatic rings. The average Bonchev–Trinajstić information content (AvgIpc) is 2.64. The van der Waals surface area contributed by atoms with Crippen molar-refractivity contribution in [3.05, 3.63) is 21.5 Å². The quantitative estimate of drug-likeness (QED) is 0.635. The number of nitrogens with one attached hydrogen (secondary N) is 1. The maximum Gasteiger partial charge on any atom is 0.179 e. The maximum absolute atomic E-state index is 5.53. The summed E-state index contributed by atoms with van der Waals surface area (Å²) in [6.07, 6.45) is 4.16. The van der Waals surface area contributed by atoms with Crippen molar-refractivity contribution in [3.63, 3.8) is 0 Å². The number of ether oxygens (including phenoxy) is 1. The van der Waals surface area contributed by atoms with Gasteiger partial charge in [0.05, 0.1) is 11.6 Å². The smallest absolute Gasteiger partial charge is 0.179 e. The summed E-state index contributed by atoms with van der Waals surface area (Å²) in [5.74, 6) is 0. The Morgan fingerprint density at radius 1 is 1.47 bits per heavy atom. The van der Waals surface area contributed by atoms with Crippen LogP contribution in [-0.2, 0) is 11.3 Å². The number of aromatic amines is 1. The SMILES string of the molecule is CC(C)OCCCCn1c(=S)[nH]c2cc(Br)cnc21. The standard InChI is InChI=1S/C13H18BrN3OS/c1-9(2)18-6-4-3-5-17-12-11(16-13(17)19)7-10(14)8-15-12/h7-9H,3-6H2,1-2H3,(H,16,19). The Labute approximate surface area is 126 Å². The van der Waals surface area contributed by atoms with Gasteiger partial charge in [0, 0.05) is 23.8 Å². The number of hydrogen-bond donors (Lipinski definition) is 1. The third-order valence-electron chi connectivity index (χ3n) is 2.80. The molecular formula is C13H18BrN3OS. The van der Waals surface area contributed by atoms with Crippen LogP contribution in [0.1, 0.15) is 26.7 Å². The molecule has 0 fully saturated rings. The molecule has 2 aromatic heterocycles. The number of aryl methyl sites for hydroxylation is 1. The molecule has 0 aliphatic heterocycles. The number of H-pyrrole nitrogens is 1. The number of fused-ring (bicyclic) bond motifs is 1. The lowest BCUT2D eigenvalue weighted by atomic mass is 10.3. The minimum Gasteiger partial charge on any atom is -0.379 e. The van der Waals surface area contributed by atoms with Crippen LogP contribution in [-0.4, -0.2) is 27.2 Å². The molecule has 2 heterocycles. The van der Waals surface area contributed by atoms with Crippen LogP contribution < -0.4 is 0 Å². The summed E-state index contributed by atoms with van der Waals surface area (Å²) in [5.41, 5.74) is 1.88. The molecule has 0 spiro atoms. The summed E-state index contributed by atoms with van der Waals surface area (Å²) < 4.78 is 9.26. The molecule has 0 radical (unpaired) electrons. The van der Waals surface area contributed by atoms with Gasteiger partial charge in [-0.15, -0.1) is 0 Å². The van der Waals surface area contributed by atoms with Crippen molar-refractivity contribution in [2.24, 2.45) is 0 Å². The Morgan fingerprint density at radius 2 is 2.26 bits per heavy atom. The van der Waals surface area contributed by atoms with E-state index in [9.17, 15) is 0 Å². The molecule has 19 heavy (non-hydrogen) atoms. The summed E-state index contributed by atoms with van der Waals surface area (Å²) in [6, 6.07) is 2.00. The molecule has 0 bridgehead atoms. The number of rotatable bonds is 6. The van der Waals surface area contributed by atoms with Gasteiger partial charge in [0.1, 0.15) is 0 Å². The van der Waals surface area contributed by atoms with Crippen LogP contribution in [0.4, 0.5) is 0 Å². The zero-order valence-electron chi connectivity index (χ0n) is 11.1. The largest absolute Gasteiger partial charge is 0.379 e. The first-order chi connectivity index (χ1) is 9.08. The van der Waals surface area contributed by atoms with Crippen molar-refractivity contribution >= 4 is 39.3 Å². The first-order valence-electron chi connectivity index (χ1n) is 6.43. The summed E-state index contributed by atoms with van der Waals surface area (Å²) in [6.45, 7) is 5.77. The summed E-state index contributed by atoms with van der Waals surface area (Å²) >= 11 is 8.75. The first kappa shape index (κ1) is 14.7. The van der Waals surface area contributed by atoms with Crippen LogP contribution in [0.2, 0.25) is 0 Å². The van der Waals surface area contributed by atoms with Crippen molar-refractivity contribution in [1.82, 2.24) is 14.5 Å². The van der Waals surface area contributed by atoms with Gasteiger partial charge in [-0.25, -0.2) is 4.98 Å². The molecule has 0 unspecified atom stereocenters. The van der Waals surface area contributed by atoms with E-state index in [-0.39, 0.29) is 0 Å². The van der Waals surface area contributed by atoms with E-state index in [4.69, 9.17) is 17.0 Å². The van der Waals surface area contributed by atoms with Gasteiger partial charge in [0.25, 0.3) is 0 Å². The predicted octanol–water partition coefficient (Wildman–Crippen LogP) is 4.06. The van der Waals surface area contributed by atoms with Gasteiger partial charge in [-0.2, -0.15) is 0 Å². The Bertz CT molecular complexity index is 605. The topological polar surface area (TPSA) is 42.8 Å². The molecule has 0 aromatic carbocycles. The van der Waals surface area contributed by atoms with Crippen molar-refractivity contribution in [2.45, 2.75) is 39.3 Å². The highest BCUT2D eigenvalue weighted by molar-refractivity contribution is 9.10. The molecule has 2 rings (SSSR count). The second-order valence-electron chi connectivity index (χ2n) is 4.73. The number of imidazole rings is 1. The monoisotopic (exact) mass is 343 g/mol. The zero-order chi connectivity index (χ0) is 13.8. The fraction of sp³-hybridized carbons (Fsp3) is 0.538. The molecule has 6 heteroatoms. The van der Waals surface area contributed by atoms with E-state index in [2.05, 4.69) is 39.7 Å². The van der Waals surface area contributed by atoms with E-state index in [1.54, 1.807) is 6.20 Å². The number of halogens is 1. The lowest BCUT2D eigenvalue weighted by Gasteiger charge is -2.07. The first-order valence-corrected chi connectivity index (χ1v) is 7.63. The lowest BCUT2D eigenvalue weighted by Crippen LogP contribution is -2.05. The van der Waals surface area contributed by atoms with Crippen molar-refractivity contribution in [3.8, 4) is 0 Å². The van der Waals surface area contributed by atoms with Crippen molar-refractivity contribution in [1.29, 1.82) is 0 Å². The van der Waals surface area contributed by atoms with Gasteiger partial charge in [0.2, 0.25) is 0 Å².